The van der Waals surface area contributed by atoms with Crippen LogP contribution in [0.4, 0.5) is 5.82 Å². The molecular weight excluding hydrogens is 222 g/mol. The van der Waals surface area contributed by atoms with Crippen molar-refractivity contribution >= 4 is 23.0 Å². The monoisotopic (exact) mass is 233 g/mol. The van der Waals surface area contributed by atoms with Gasteiger partial charge in [0.25, 0.3) is 0 Å². The van der Waals surface area contributed by atoms with Crippen LogP contribution in [-0.2, 0) is 4.79 Å². The molecule has 1 saturated carbocycles. The second-order valence-electron chi connectivity index (χ2n) is 4.05. The fourth-order valence-electron chi connectivity index (χ4n) is 1.88. The molecule has 1 aliphatic carbocycles. The van der Waals surface area contributed by atoms with Gasteiger partial charge < -0.3 is 15.0 Å². The zero-order valence-electron chi connectivity index (χ0n) is 9.00. The number of anilines is 1. The molecule has 0 amide bonds. The predicted octanol–water partition coefficient (Wildman–Crippen LogP) is 0.406. The zero-order chi connectivity index (χ0) is 11.8. The SMILES string of the molecule is O=C(O)CN(c1ncnc2nc[nH]c12)C1CC1. The number of fused-ring (bicyclic) bond motifs is 1. The molecule has 7 nitrogen and oxygen atoms in total. The second-order valence-corrected chi connectivity index (χ2v) is 4.05. The molecule has 3 rings (SSSR count). The molecule has 0 atom stereocenters. The van der Waals surface area contributed by atoms with Crippen LogP contribution in [0.15, 0.2) is 12.7 Å². The molecule has 2 aromatic rings. The number of carbonyl (C=O) groups is 1. The molecule has 0 spiro atoms. The van der Waals surface area contributed by atoms with E-state index in [1.807, 2.05) is 0 Å². The van der Waals surface area contributed by atoms with Crippen molar-refractivity contribution in [1.29, 1.82) is 0 Å². The molecule has 0 aromatic carbocycles. The van der Waals surface area contributed by atoms with Gasteiger partial charge in [-0.25, -0.2) is 15.0 Å². The van der Waals surface area contributed by atoms with E-state index in [1.165, 1.54) is 12.7 Å². The van der Waals surface area contributed by atoms with Crippen LogP contribution in [0.5, 0.6) is 0 Å². The number of aromatic nitrogens is 4. The van der Waals surface area contributed by atoms with Crippen LogP contribution in [0, 0.1) is 0 Å². The summed E-state index contributed by atoms with van der Waals surface area (Å²) in [6, 6.07) is 0.271. The van der Waals surface area contributed by atoms with E-state index in [4.69, 9.17) is 5.11 Å². The average Bonchev–Trinajstić information content (AvgIpc) is 3.02. The molecule has 2 heterocycles. The van der Waals surface area contributed by atoms with E-state index in [9.17, 15) is 4.79 Å². The van der Waals surface area contributed by atoms with E-state index < -0.39 is 5.97 Å². The van der Waals surface area contributed by atoms with Crippen molar-refractivity contribution in [2.24, 2.45) is 0 Å². The van der Waals surface area contributed by atoms with Gasteiger partial charge in [0, 0.05) is 6.04 Å². The molecule has 0 radical (unpaired) electrons. The summed E-state index contributed by atoms with van der Waals surface area (Å²) < 4.78 is 0. The topological polar surface area (TPSA) is 95.0 Å². The van der Waals surface area contributed by atoms with E-state index in [1.54, 1.807) is 4.90 Å². The second kappa shape index (κ2) is 3.69. The van der Waals surface area contributed by atoms with E-state index in [0.717, 1.165) is 12.8 Å². The number of aromatic amines is 1. The van der Waals surface area contributed by atoms with Gasteiger partial charge in [-0.05, 0) is 12.8 Å². The summed E-state index contributed by atoms with van der Waals surface area (Å²) in [7, 11) is 0. The number of nitrogens with one attached hydrogen (secondary N) is 1. The number of nitrogens with zero attached hydrogens (tertiary/aromatic N) is 4. The number of carboxylic acid groups (broad SMARTS) is 1. The highest BCUT2D eigenvalue weighted by molar-refractivity contribution is 5.85. The Kier molecular flexibility index (Phi) is 2.17. The van der Waals surface area contributed by atoms with Crippen LogP contribution >= 0.6 is 0 Å². The summed E-state index contributed by atoms with van der Waals surface area (Å²) in [5.41, 5.74) is 1.26. The number of hydrogen-bond acceptors (Lipinski definition) is 5. The maximum atomic E-state index is 10.9. The Bertz CT molecular complexity index is 563. The van der Waals surface area contributed by atoms with E-state index in [-0.39, 0.29) is 12.6 Å². The first-order valence-corrected chi connectivity index (χ1v) is 5.38. The number of H-pyrrole nitrogens is 1. The van der Waals surface area contributed by atoms with Crippen molar-refractivity contribution in [2.45, 2.75) is 18.9 Å². The highest BCUT2D eigenvalue weighted by Gasteiger charge is 2.32. The number of carboxylic acids is 1. The summed E-state index contributed by atoms with van der Waals surface area (Å²) >= 11 is 0. The third-order valence-corrected chi connectivity index (χ3v) is 2.77. The molecule has 0 aliphatic heterocycles. The maximum absolute atomic E-state index is 10.9. The highest BCUT2D eigenvalue weighted by Crippen LogP contribution is 2.32. The van der Waals surface area contributed by atoms with Crippen molar-refractivity contribution < 1.29 is 9.90 Å². The minimum Gasteiger partial charge on any atom is -0.480 e. The molecule has 2 aromatic heterocycles. The molecular formula is C10H11N5O2. The van der Waals surface area contributed by atoms with Gasteiger partial charge in [-0.15, -0.1) is 0 Å². The van der Waals surface area contributed by atoms with Crippen LogP contribution < -0.4 is 4.90 Å². The van der Waals surface area contributed by atoms with E-state index in [2.05, 4.69) is 19.9 Å². The van der Waals surface area contributed by atoms with Gasteiger partial charge in [0.1, 0.15) is 18.4 Å². The molecule has 0 bridgehead atoms. The van der Waals surface area contributed by atoms with Gasteiger partial charge in [0.15, 0.2) is 11.5 Å². The normalized spacial score (nSPS) is 15.1. The van der Waals surface area contributed by atoms with Crippen LogP contribution in [0.3, 0.4) is 0 Å². The van der Waals surface area contributed by atoms with Crippen LogP contribution in [0.2, 0.25) is 0 Å². The molecule has 1 aliphatic rings. The Labute approximate surface area is 96.5 Å². The zero-order valence-corrected chi connectivity index (χ0v) is 9.00. The van der Waals surface area contributed by atoms with Crippen molar-refractivity contribution in [3.05, 3.63) is 12.7 Å². The summed E-state index contributed by atoms with van der Waals surface area (Å²) in [6.07, 6.45) is 4.96. The van der Waals surface area contributed by atoms with Crippen LogP contribution in [0.25, 0.3) is 11.2 Å². The lowest BCUT2D eigenvalue weighted by Crippen LogP contribution is -2.32. The van der Waals surface area contributed by atoms with Gasteiger partial charge in [-0.1, -0.05) is 0 Å². The van der Waals surface area contributed by atoms with Crippen molar-refractivity contribution in [3.63, 3.8) is 0 Å². The van der Waals surface area contributed by atoms with Gasteiger partial charge >= 0.3 is 5.97 Å². The predicted molar refractivity (Wildman–Crippen MR) is 59.7 cm³/mol. The van der Waals surface area contributed by atoms with Gasteiger partial charge in [0.05, 0.1) is 6.33 Å². The first-order chi connectivity index (χ1) is 8.25. The fourth-order valence-corrected chi connectivity index (χ4v) is 1.88. The van der Waals surface area contributed by atoms with Crippen molar-refractivity contribution in [1.82, 2.24) is 19.9 Å². The molecule has 0 unspecified atom stereocenters. The Morgan fingerprint density at radius 2 is 2.29 bits per heavy atom. The molecule has 7 heteroatoms. The van der Waals surface area contributed by atoms with Crippen LogP contribution in [0.1, 0.15) is 12.8 Å². The van der Waals surface area contributed by atoms with E-state index >= 15 is 0 Å². The van der Waals surface area contributed by atoms with Crippen LogP contribution in [-0.4, -0.2) is 43.6 Å². The average molecular weight is 233 g/mol. The van der Waals surface area contributed by atoms with E-state index in [0.29, 0.717) is 17.0 Å². The standard InChI is InChI=1S/C10H11N5O2/c16-7(17)3-15(6-1-2-6)10-8-9(12-4-11-8)13-5-14-10/h4-6H,1-3H2,(H,16,17)(H,11,12,13,14). The molecule has 0 saturated heterocycles. The summed E-state index contributed by atoms with van der Waals surface area (Å²) in [6.45, 7) is -0.0458. The van der Waals surface area contributed by atoms with Gasteiger partial charge in [-0.3, -0.25) is 4.79 Å². The van der Waals surface area contributed by atoms with Crippen molar-refractivity contribution in [3.8, 4) is 0 Å². The summed E-state index contributed by atoms with van der Waals surface area (Å²) in [5, 5.41) is 8.93. The number of rotatable bonds is 4. The first-order valence-electron chi connectivity index (χ1n) is 5.38. The molecule has 17 heavy (non-hydrogen) atoms. The maximum Gasteiger partial charge on any atom is 0.323 e. The Morgan fingerprint density at radius 3 is 3.00 bits per heavy atom. The highest BCUT2D eigenvalue weighted by atomic mass is 16.4. The molecule has 88 valence electrons. The number of imidazole rings is 1. The van der Waals surface area contributed by atoms with Gasteiger partial charge in [0.2, 0.25) is 0 Å². The minimum atomic E-state index is -0.858. The molecule has 2 N–H and O–H groups in total. The molecule has 1 fully saturated rings. The fraction of sp³-hybridized carbons (Fsp3) is 0.400. The van der Waals surface area contributed by atoms with Gasteiger partial charge in [-0.2, -0.15) is 0 Å². The number of hydrogen-bond donors (Lipinski definition) is 2. The lowest BCUT2D eigenvalue weighted by Gasteiger charge is -2.21. The Hall–Kier alpha value is -2.18. The lowest BCUT2D eigenvalue weighted by atomic mass is 10.4. The quantitative estimate of drug-likeness (QED) is 0.794. The Balaban J connectivity index is 2.04. The number of aliphatic carboxylic acids is 1. The smallest absolute Gasteiger partial charge is 0.323 e. The lowest BCUT2D eigenvalue weighted by molar-refractivity contribution is -0.135. The third kappa shape index (κ3) is 1.79. The first kappa shape index (κ1) is 10.0. The summed E-state index contributed by atoms with van der Waals surface area (Å²) in [5.74, 6) is -0.236. The largest absolute Gasteiger partial charge is 0.480 e. The Morgan fingerprint density at radius 1 is 1.47 bits per heavy atom. The summed E-state index contributed by atoms with van der Waals surface area (Å²) in [4.78, 5) is 27.9. The van der Waals surface area contributed by atoms with Crippen molar-refractivity contribution in [2.75, 3.05) is 11.4 Å². The minimum absolute atomic E-state index is 0.0458. The third-order valence-electron chi connectivity index (χ3n) is 2.77.